The average molecular weight is 379 g/mol. The number of halogens is 4. The molecule has 1 aliphatic carbocycles. The van der Waals surface area contributed by atoms with E-state index in [9.17, 15) is 13.2 Å². The minimum Gasteiger partial charge on any atom is -0.257 e. The van der Waals surface area contributed by atoms with Crippen LogP contribution < -0.4 is 0 Å². The molecule has 1 aromatic carbocycles. The highest BCUT2D eigenvalue weighted by Crippen LogP contribution is 2.39. The molecule has 0 bridgehead atoms. The molecule has 0 N–H and O–H groups in total. The molecule has 1 nitrogen and oxygen atoms in total. The number of fused-ring (bicyclic) bond motifs is 1. The smallest absolute Gasteiger partial charge is 0.257 e. The highest BCUT2D eigenvalue weighted by Gasteiger charge is 2.32. The van der Waals surface area contributed by atoms with Gasteiger partial charge in [0.2, 0.25) is 0 Å². The first-order valence-corrected chi connectivity index (χ1v) is 9.32. The number of alkyl halides is 4. The zero-order valence-corrected chi connectivity index (χ0v) is 16.1. The van der Waals surface area contributed by atoms with E-state index in [-0.39, 0.29) is 16.9 Å². The van der Waals surface area contributed by atoms with Crippen molar-refractivity contribution >= 4 is 0 Å². The lowest BCUT2D eigenvalue weighted by Gasteiger charge is -2.32. The van der Waals surface area contributed by atoms with E-state index in [0.29, 0.717) is 11.3 Å². The Balaban J connectivity index is 2.00. The van der Waals surface area contributed by atoms with Gasteiger partial charge in [0.15, 0.2) is 6.17 Å². The van der Waals surface area contributed by atoms with Gasteiger partial charge >= 0.3 is 6.18 Å². The minimum absolute atomic E-state index is 0.0306. The lowest BCUT2D eigenvalue weighted by atomic mass is 9.75. The Morgan fingerprint density at radius 2 is 1.70 bits per heavy atom. The molecule has 0 radical (unpaired) electrons. The van der Waals surface area contributed by atoms with Gasteiger partial charge in [-0.15, -0.1) is 0 Å². The molecule has 27 heavy (non-hydrogen) atoms. The summed E-state index contributed by atoms with van der Waals surface area (Å²) in [6, 6.07) is 6.20. The third-order valence-electron chi connectivity index (χ3n) is 5.32. The molecule has 1 heterocycles. The lowest BCUT2D eigenvalue weighted by molar-refractivity contribution is -0.137. The second-order valence-electron chi connectivity index (χ2n) is 8.55. The van der Waals surface area contributed by atoms with Crippen molar-refractivity contribution in [2.24, 2.45) is 5.41 Å². The molecule has 0 saturated heterocycles. The first-order valence-electron chi connectivity index (χ1n) is 9.32. The maximum absolute atomic E-state index is 15.3. The lowest BCUT2D eigenvalue weighted by Crippen LogP contribution is -2.24. The van der Waals surface area contributed by atoms with Crippen molar-refractivity contribution in [2.45, 2.75) is 65.2 Å². The summed E-state index contributed by atoms with van der Waals surface area (Å²) in [7, 11) is 0. The van der Waals surface area contributed by atoms with Crippen LogP contribution in [0.25, 0.3) is 0 Å². The summed E-state index contributed by atoms with van der Waals surface area (Å²) >= 11 is 0. The molecule has 1 atom stereocenters. The molecule has 1 aliphatic rings. The molecular weight excluding hydrogens is 354 g/mol. The van der Waals surface area contributed by atoms with Crippen LogP contribution in [-0.4, -0.2) is 4.98 Å². The van der Waals surface area contributed by atoms with E-state index in [2.05, 4.69) is 13.8 Å². The van der Waals surface area contributed by atoms with Crippen LogP contribution in [-0.2, 0) is 19.0 Å². The van der Waals surface area contributed by atoms with Crippen LogP contribution in [0.3, 0.4) is 0 Å². The van der Waals surface area contributed by atoms with E-state index in [1.54, 1.807) is 0 Å². The van der Waals surface area contributed by atoms with E-state index < -0.39 is 17.9 Å². The maximum atomic E-state index is 15.3. The third kappa shape index (κ3) is 4.17. The first-order chi connectivity index (χ1) is 12.5. The summed E-state index contributed by atoms with van der Waals surface area (Å²) in [5, 5.41) is 0. The van der Waals surface area contributed by atoms with Crippen molar-refractivity contribution in [3.8, 4) is 0 Å². The topological polar surface area (TPSA) is 12.9 Å². The highest BCUT2D eigenvalue weighted by molar-refractivity contribution is 5.40. The molecule has 0 amide bonds. The van der Waals surface area contributed by atoms with Crippen molar-refractivity contribution in [1.29, 1.82) is 0 Å². The normalized spacial score (nSPS) is 17.7. The monoisotopic (exact) mass is 379 g/mol. The Bertz CT molecular complexity index is 819. The van der Waals surface area contributed by atoms with Crippen molar-refractivity contribution in [2.75, 3.05) is 0 Å². The SMILES string of the molecule is CC(C)c1nc2c(cc1[C@@H](F)c1ccc(C(F)(F)F)cc1)CCC(C)(C)C2. The number of hydrogen-bond acceptors (Lipinski definition) is 1. The third-order valence-corrected chi connectivity index (χ3v) is 5.32. The quantitative estimate of drug-likeness (QED) is 0.535. The Hall–Kier alpha value is -1.91. The summed E-state index contributed by atoms with van der Waals surface area (Å²) in [5.41, 5.74) is 2.89. The zero-order valence-electron chi connectivity index (χ0n) is 16.1. The van der Waals surface area contributed by atoms with Crippen LogP contribution in [0.2, 0.25) is 0 Å². The van der Waals surface area contributed by atoms with Crippen molar-refractivity contribution in [3.63, 3.8) is 0 Å². The van der Waals surface area contributed by atoms with Crippen LogP contribution in [0.15, 0.2) is 30.3 Å². The first kappa shape index (κ1) is 19.8. The molecule has 3 rings (SSSR count). The number of rotatable bonds is 3. The average Bonchev–Trinajstić information content (AvgIpc) is 2.58. The van der Waals surface area contributed by atoms with Gasteiger partial charge < -0.3 is 0 Å². The summed E-state index contributed by atoms with van der Waals surface area (Å²) in [6.45, 7) is 8.35. The standard InChI is InChI=1S/C22H25F4N/c1-13(2)20-17(11-15-9-10-21(3,4)12-18(15)27-20)19(23)14-5-7-16(8-6-14)22(24,25)26/h5-8,11,13,19H,9-10,12H2,1-4H3/t19-/m0/s1. The molecule has 0 unspecified atom stereocenters. The largest absolute Gasteiger partial charge is 0.416 e. The summed E-state index contributed by atoms with van der Waals surface area (Å²) in [4.78, 5) is 4.79. The van der Waals surface area contributed by atoms with E-state index in [0.717, 1.165) is 42.7 Å². The highest BCUT2D eigenvalue weighted by atomic mass is 19.4. The number of nitrogens with zero attached hydrogens (tertiary/aromatic N) is 1. The predicted molar refractivity (Wildman–Crippen MR) is 98.5 cm³/mol. The molecule has 0 saturated carbocycles. The molecule has 146 valence electrons. The number of hydrogen-bond donors (Lipinski definition) is 0. The minimum atomic E-state index is -4.42. The van der Waals surface area contributed by atoms with Crippen LogP contribution >= 0.6 is 0 Å². The molecule has 0 spiro atoms. The predicted octanol–water partition coefficient (Wildman–Crippen LogP) is 6.80. The van der Waals surface area contributed by atoms with Gasteiger partial charge in [-0.2, -0.15) is 13.2 Å². The van der Waals surface area contributed by atoms with E-state index in [4.69, 9.17) is 4.98 Å². The van der Waals surface area contributed by atoms with Gasteiger partial charge in [0.05, 0.1) is 5.56 Å². The Labute approximate surface area is 157 Å². The number of aromatic nitrogens is 1. The van der Waals surface area contributed by atoms with Crippen LogP contribution in [0.1, 0.15) is 79.8 Å². The molecule has 1 aromatic heterocycles. The van der Waals surface area contributed by atoms with Crippen molar-refractivity contribution in [1.82, 2.24) is 4.98 Å². The van der Waals surface area contributed by atoms with Crippen molar-refractivity contribution in [3.05, 3.63) is 64.0 Å². The Morgan fingerprint density at radius 3 is 2.26 bits per heavy atom. The number of benzene rings is 1. The van der Waals surface area contributed by atoms with Gasteiger partial charge in [0.1, 0.15) is 0 Å². The van der Waals surface area contributed by atoms with Crippen LogP contribution in [0.4, 0.5) is 17.6 Å². The van der Waals surface area contributed by atoms with Gasteiger partial charge in [-0.05, 0) is 59.9 Å². The Kier molecular flexibility index (Phi) is 5.08. The van der Waals surface area contributed by atoms with Crippen LogP contribution in [0, 0.1) is 5.41 Å². The molecule has 5 heteroatoms. The second kappa shape index (κ2) is 6.92. The van der Waals surface area contributed by atoms with Gasteiger partial charge in [-0.25, -0.2) is 4.39 Å². The maximum Gasteiger partial charge on any atom is 0.416 e. The molecule has 2 aromatic rings. The van der Waals surface area contributed by atoms with Crippen LogP contribution in [0.5, 0.6) is 0 Å². The van der Waals surface area contributed by atoms with E-state index in [1.807, 2.05) is 19.9 Å². The van der Waals surface area contributed by atoms with E-state index >= 15 is 4.39 Å². The summed E-state index contributed by atoms with van der Waals surface area (Å²) in [6.07, 6.45) is -3.19. The Morgan fingerprint density at radius 1 is 1.07 bits per heavy atom. The fourth-order valence-electron chi connectivity index (χ4n) is 3.70. The summed E-state index contributed by atoms with van der Waals surface area (Å²) < 4.78 is 53.6. The molecular formula is C22H25F4N. The van der Waals surface area contributed by atoms with Gasteiger partial charge in [0, 0.05) is 17.0 Å². The molecule has 0 fully saturated rings. The number of pyridine rings is 1. The number of aryl methyl sites for hydroxylation is 1. The molecule has 0 aliphatic heterocycles. The van der Waals surface area contributed by atoms with E-state index in [1.165, 1.54) is 12.1 Å². The van der Waals surface area contributed by atoms with Gasteiger partial charge in [0.25, 0.3) is 0 Å². The second-order valence-corrected chi connectivity index (χ2v) is 8.55. The van der Waals surface area contributed by atoms with Gasteiger partial charge in [-0.1, -0.05) is 39.8 Å². The fraction of sp³-hybridized carbons (Fsp3) is 0.500. The van der Waals surface area contributed by atoms with Crippen molar-refractivity contribution < 1.29 is 17.6 Å². The van der Waals surface area contributed by atoms with Gasteiger partial charge in [-0.3, -0.25) is 4.98 Å². The fourth-order valence-corrected chi connectivity index (χ4v) is 3.70. The zero-order chi connectivity index (χ0) is 20.0. The summed E-state index contributed by atoms with van der Waals surface area (Å²) in [5.74, 6) is 0.0306.